The normalized spacial score (nSPS) is 13.6. The third-order valence-corrected chi connectivity index (χ3v) is 3.72. The van der Waals surface area contributed by atoms with Crippen molar-refractivity contribution >= 4 is 0 Å². The van der Waals surface area contributed by atoms with Gasteiger partial charge in [0.15, 0.2) is 11.5 Å². The van der Waals surface area contributed by atoms with E-state index < -0.39 is 0 Å². The van der Waals surface area contributed by atoms with Gasteiger partial charge in [-0.3, -0.25) is 0 Å². The van der Waals surface area contributed by atoms with Crippen LogP contribution in [0.2, 0.25) is 0 Å². The maximum Gasteiger partial charge on any atom is 0.161 e. The molecule has 2 atom stereocenters. The van der Waals surface area contributed by atoms with Crippen LogP contribution in [0.5, 0.6) is 11.5 Å². The third-order valence-electron chi connectivity index (χ3n) is 3.72. The van der Waals surface area contributed by atoms with Gasteiger partial charge in [0.2, 0.25) is 0 Å². The Labute approximate surface area is 137 Å². The summed E-state index contributed by atoms with van der Waals surface area (Å²) in [4.78, 5) is 0. The van der Waals surface area contributed by atoms with Crippen molar-refractivity contribution in [1.82, 2.24) is 5.32 Å². The minimum atomic E-state index is -0.0249. The number of nitrogens with one attached hydrogen (secondary N) is 1. The van der Waals surface area contributed by atoms with Gasteiger partial charge in [0.25, 0.3) is 0 Å². The minimum absolute atomic E-state index is 0.0249. The summed E-state index contributed by atoms with van der Waals surface area (Å²) in [5.41, 5.74) is 1.09. The number of methoxy groups -OCH3 is 1. The van der Waals surface area contributed by atoms with Gasteiger partial charge >= 0.3 is 0 Å². The molecule has 2 unspecified atom stereocenters. The number of ether oxygens (including phenoxy) is 2. The van der Waals surface area contributed by atoms with E-state index in [1.165, 1.54) is 0 Å². The van der Waals surface area contributed by atoms with E-state index >= 15 is 0 Å². The smallest absolute Gasteiger partial charge is 0.161 e. The number of rotatable bonds is 8. The van der Waals surface area contributed by atoms with Crippen molar-refractivity contribution in [2.45, 2.75) is 32.9 Å². The molecule has 1 aromatic carbocycles. The molecule has 0 saturated heterocycles. The third kappa shape index (κ3) is 4.50. The molecule has 2 N–H and O–H groups in total. The number of aliphatic hydroxyl groups is 1. The molecule has 0 radical (unpaired) electrons. The van der Waals surface area contributed by atoms with Crippen molar-refractivity contribution in [3.63, 3.8) is 0 Å². The van der Waals surface area contributed by atoms with E-state index in [4.69, 9.17) is 19.0 Å². The van der Waals surface area contributed by atoms with E-state index in [-0.39, 0.29) is 25.3 Å². The number of benzene rings is 1. The molecule has 1 heterocycles. The Hall–Kier alpha value is -1.98. The quantitative estimate of drug-likeness (QED) is 0.781. The van der Waals surface area contributed by atoms with E-state index in [0.717, 1.165) is 17.1 Å². The topological polar surface area (TPSA) is 63.9 Å². The molecule has 5 nitrogen and oxygen atoms in total. The Balaban J connectivity index is 2.07. The van der Waals surface area contributed by atoms with Crippen molar-refractivity contribution < 1.29 is 19.0 Å². The molecule has 0 spiro atoms. The highest BCUT2D eigenvalue weighted by Crippen LogP contribution is 2.31. The largest absolute Gasteiger partial charge is 0.493 e. The van der Waals surface area contributed by atoms with E-state index in [1.54, 1.807) is 7.11 Å². The number of aliphatic hydroxyl groups excluding tert-OH is 1. The van der Waals surface area contributed by atoms with Gasteiger partial charge < -0.3 is 24.3 Å². The van der Waals surface area contributed by atoms with Crippen molar-refractivity contribution in [2.24, 2.45) is 0 Å². The zero-order valence-electron chi connectivity index (χ0n) is 14.1. The van der Waals surface area contributed by atoms with Gasteiger partial charge in [-0.15, -0.1) is 0 Å². The summed E-state index contributed by atoms with van der Waals surface area (Å²) in [6.45, 7) is 6.33. The Morgan fingerprint density at radius 1 is 1.13 bits per heavy atom. The van der Waals surface area contributed by atoms with Gasteiger partial charge in [0.1, 0.15) is 18.1 Å². The lowest BCUT2D eigenvalue weighted by Gasteiger charge is -2.20. The van der Waals surface area contributed by atoms with Crippen LogP contribution in [-0.2, 0) is 0 Å². The van der Waals surface area contributed by atoms with Crippen LogP contribution in [0, 0.1) is 6.92 Å². The molecule has 0 aliphatic carbocycles. The molecule has 126 valence electrons. The summed E-state index contributed by atoms with van der Waals surface area (Å²) in [6.07, 6.45) is 0. The Kier molecular flexibility index (Phi) is 6.07. The van der Waals surface area contributed by atoms with Gasteiger partial charge in [-0.05, 0) is 50.6 Å². The first-order valence-electron chi connectivity index (χ1n) is 7.79. The van der Waals surface area contributed by atoms with Crippen LogP contribution in [-0.4, -0.2) is 25.4 Å². The molecule has 0 saturated carbocycles. The predicted octanol–water partition coefficient (Wildman–Crippen LogP) is 3.38. The van der Waals surface area contributed by atoms with Gasteiger partial charge in [0, 0.05) is 6.04 Å². The van der Waals surface area contributed by atoms with E-state index in [1.807, 2.05) is 37.3 Å². The first-order chi connectivity index (χ1) is 11.0. The van der Waals surface area contributed by atoms with Crippen LogP contribution in [0.4, 0.5) is 0 Å². The fourth-order valence-corrected chi connectivity index (χ4v) is 2.47. The first kappa shape index (κ1) is 17.4. The second-order valence-electron chi connectivity index (χ2n) is 5.54. The minimum Gasteiger partial charge on any atom is -0.493 e. The zero-order chi connectivity index (χ0) is 16.8. The molecular weight excluding hydrogens is 294 g/mol. The second kappa shape index (κ2) is 8.04. The monoisotopic (exact) mass is 319 g/mol. The highest BCUT2D eigenvalue weighted by atomic mass is 16.5. The van der Waals surface area contributed by atoms with Crippen LogP contribution in [0.1, 0.15) is 43.0 Å². The molecule has 2 rings (SSSR count). The standard InChI is InChI=1S/C18H25NO4/c1-12-5-7-16(23-12)14(3)19-13(2)15-6-8-17(22-10-9-20)18(11-15)21-4/h5-8,11,13-14,19-20H,9-10H2,1-4H3. The van der Waals surface area contributed by atoms with E-state index in [2.05, 4.69) is 19.2 Å². The molecule has 0 fully saturated rings. The number of hydrogen-bond acceptors (Lipinski definition) is 5. The molecule has 0 aliphatic heterocycles. The number of hydrogen-bond donors (Lipinski definition) is 2. The molecule has 1 aromatic heterocycles. The summed E-state index contributed by atoms with van der Waals surface area (Å²) in [7, 11) is 1.61. The molecule has 0 bridgehead atoms. The highest BCUT2D eigenvalue weighted by molar-refractivity contribution is 5.43. The van der Waals surface area contributed by atoms with Crippen LogP contribution in [0.25, 0.3) is 0 Å². The maximum atomic E-state index is 8.86. The average molecular weight is 319 g/mol. The Morgan fingerprint density at radius 2 is 1.91 bits per heavy atom. The number of aryl methyl sites for hydroxylation is 1. The fraction of sp³-hybridized carbons (Fsp3) is 0.444. The summed E-state index contributed by atoms with van der Waals surface area (Å²) in [5.74, 6) is 3.12. The molecule has 0 amide bonds. The predicted molar refractivity (Wildman–Crippen MR) is 89.0 cm³/mol. The molecule has 5 heteroatoms. The van der Waals surface area contributed by atoms with Crippen LogP contribution < -0.4 is 14.8 Å². The van der Waals surface area contributed by atoms with Gasteiger partial charge in [-0.1, -0.05) is 6.07 Å². The number of furan rings is 1. The lowest BCUT2D eigenvalue weighted by Crippen LogP contribution is -2.22. The van der Waals surface area contributed by atoms with E-state index in [0.29, 0.717) is 11.5 Å². The van der Waals surface area contributed by atoms with Crippen molar-refractivity contribution in [3.8, 4) is 11.5 Å². The van der Waals surface area contributed by atoms with E-state index in [9.17, 15) is 0 Å². The summed E-state index contributed by atoms with van der Waals surface area (Å²) >= 11 is 0. The summed E-state index contributed by atoms with van der Waals surface area (Å²) in [6, 6.07) is 9.99. The molecular formula is C18H25NO4. The zero-order valence-corrected chi connectivity index (χ0v) is 14.1. The average Bonchev–Trinajstić information content (AvgIpc) is 2.99. The van der Waals surface area contributed by atoms with Crippen molar-refractivity contribution in [3.05, 3.63) is 47.4 Å². The Bertz CT molecular complexity index is 623. The first-order valence-corrected chi connectivity index (χ1v) is 7.79. The van der Waals surface area contributed by atoms with Gasteiger partial charge in [0.05, 0.1) is 19.8 Å². The fourth-order valence-electron chi connectivity index (χ4n) is 2.47. The lowest BCUT2D eigenvalue weighted by atomic mass is 10.1. The van der Waals surface area contributed by atoms with Crippen molar-refractivity contribution in [1.29, 1.82) is 0 Å². The van der Waals surface area contributed by atoms with Crippen LogP contribution in [0.15, 0.2) is 34.7 Å². The highest BCUT2D eigenvalue weighted by Gasteiger charge is 2.15. The molecule has 23 heavy (non-hydrogen) atoms. The Morgan fingerprint density at radius 3 is 2.52 bits per heavy atom. The summed E-state index contributed by atoms with van der Waals surface area (Å²) < 4.78 is 16.5. The van der Waals surface area contributed by atoms with Gasteiger partial charge in [-0.25, -0.2) is 0 Å². The van der Waals surface area contributed by atoms with Crippen molar-refractivity contribution in [2.75, 3.05) is 20.3 Å². The van der Waals surface area contributed by atoms with Gasteiger partial charge in [-0.2, -0.15) is 0 Å². The summed E-state index contributed by atoms with van der Waals surface area (Å²) in [5, 5.41) is 12.4. The lowest BCUT2D eigenvalue weighted by molar-refractivity contribution is 0.196. The van der Waals surface area contributed by atoms with Crippen LogP contribution in [0.3, 0.4) is 0 Å². The molecule has 2 aromatic rings. The maximum absolute atomic E-state index is 8.86. The molecule has 0 aliphatic rings. The second-order valence-corrected chi connectivity index (χ2v) is 5.54. The SMILES string of the molecule is COc1cc(C(C)NC(C)c2ccc(C)o2)ccc1OCCO. The van der Waals surface area contributed by atoms with Crippen LogP contribution >= 0.6 is 0 Å².